The van der Waals surface area contributed by atoms with Gasteiger partial charge in [0.05, 0.1) is 6.20 Å². The minimum absolute atomic E-state index is 0.736. The number of aromatic nitrogens is 3. The van der Waals surface area contributed by atoms with Crippen LogP contribution in [0.5, 0.6) is 0 Å². The van der Waals surface area contributed by atoms with Gasteiger partial charge < -0.3 is 0 Å². The summed E-state index contributed by atoms with van der Waals surface area (Å²) in [5.74, 6) is 0. The molecule has 0 spiro atoms. The largest absolute Gasteiger partial charge is 0.236 e. The highest BCUT2D eigenvalue weighted by molar-refractivity contribution is 6.30. The van der Waals surface area contributed by atoms with Crippen LogP contribution in [0.3, 0.4) is 0 Å². The Labute approximate surface area is 122 Å². The first kappa shape index (κ1) is 11.9. The molecule has 2 heterocycles. The lowest BCUT2D eigenvalue weighted by atomic mass is 9.97. The third-order valence-electron chi connectivity index (χ3n) is 3.96. The molecule has 0 radical (unpaired) electrons. The molecule has 1 aliphatic carbocycles. The highest BCUT2D eigenvalue weighted by Crippen LogP contribution is 2.28. The van der Waals surface area contributed by atoms with E-state index >= 15 is 0 Å². The van der Waals surface area contributed by atoms with E-state index in [-0.39, 0.29) is 0 Å². The standard InChI is InChI=1S/C16H14ClN3/c17-13-6-3-5-11(8-13)14-10-19-20-15-7-2-1-4-12(15)9-18-16(14)20/h3,5-6,8-10H,1-2,4,7H2. The van der Waals surface area contributed by atoms with E-state index in [1.807, 2.05) is 41.2 Å². The first-order valence-corrected chi connectivity index (χ1v) is 7.31. The van der Waals surface area contributed by atoms with Crippen LogP contribution in [0, 0.1) is 0 Å². The molecule has 4 heteroatoms. The molecule has 0 saturated carbocycles. The molecule has 2 aromatic heterocycles. The van der Waals surface area contributed by atoms with Crippen molar-refractivity contribution in [1.29, 1.82) is 0 Å². The average molecular weight is 284 g/mol. The molecule has 1 aromatic carbocycles. The van der Waals surface area contributed by atoms with Crippen molar-refractivity contribution in [2.24, 2.45) is 0 Å². The highest BCUT2D eigenvalue weighted by Gasteiger charge is 2.16. The Balaban J connectivity index is 1.94. The number of hydrogen-bond acceptors (Lipinski definition) is 2. The van der Waals surface area contributed by atoms with E-state index < -0.39 is 0 Å². The van der Waals surface area contributed by atoms with Gasteiger partial charge in [0.1, 0.15) is 0 Å². The van der Waals surface area contributed by atoms with Crippen molar-refractivity contribution in [3.8, 4) is 11.1 Å². The van der Waals surface area contributed by atoms with Crippen LogP contribution in [-0.4, -0.2) is 14.6 Å². The van der Waals surface area contributed by atoms with Gasteiger partial charge in [0.15, 0.2) is 5.65 Å². The van der Waals surface area contributed by atoms with Gasteiger partial charge in [-0.3, -0.25) is 0 Å². The minimum atomic E-state index is 0.736. The van der Waals surface area contributed by atoms with E-state index in [9.17, 15) is 0 Å². The average Bonchev–Trinajstić information content (AvgIpc) is 2.91. The molecule has 1 aliphatic rings. The van der Waals surface area contributed by atoms with Crippen molar-refractivity contribution < 1.29 is 0 Å². The van der Waals surface area contributed by atoms with Gasteiger partial charge in [-0.05, 0) is 48.9 Å². The predicted molar refractivity (Wildman–Crippen MR) is 80.1 cm³/mol. The maximum Gasteiger partial charge on any atom is 0.163 e. The Hall–Kier alpha value is -1.87. The maximum absolute atomic E-state index is 6.08. The summed E-state index contributed by atoms with van der Waals surface area (Å²) in [5.41, 5.74) is 5.68. The number of fused-ring (bicyclic) bond motifs is 3. The fraction of sp³-hybridized carbons (Fsp3) is 0.250. The van der Waals surface area contributed by atoms with Crippen LogP contribution in [0.25, 0.3) is 16.8 Å². The van der Waals surface area contributed by atoms with Crippen molar-refractivity contribution in [1.82, 2.24) is 14.6 Å². The van der Waals surface area contributed by atoms with Crippen LogP contribution >= 0.6 is 11.6 Å². The molecular formula is C16H14ClN3. The topological polar surface area (TPSA) is 30.2 Å². The Morgan fingerprint density at radius 2 is 2.00 bits per heavy atom. The number of benzene rings is 1. The lowest BCUT2D eigenvalue weighted by molar-refractivity contribution is 0.640. The lowest BCUT2D eigenvalue weighted by Gasteiger charge is -2.15. The van der Waals surface area contributed by atoms with Gasteiger partial charge in [0.2, 0.25) is 0 Å². The molecule has 4 rings (SSSR count). The zero-order chi connectivity index (χ0) is 13.5. The first-order chi connectivity index (χ1) is 9.83. The summed E-state index contributed by atoms with van der Waals surface area (Å²) in [4.78, 5) is 4.62. The van der Waals surface area contributed by atoms with Gasteiger partial charge >= 0.3 is 0 Å². The third kappa shape index (κ3) is 1.81. The van der Waals surface area contributed by atoms with Gasteiger partial charge in [0, 0.05) is 22.5 Å². The van der Waals surface area contributed by atoms with Crippen LogP contribution in [0.1, 0.15) is 24.1 Å². The minimum Gasteiger partial charge on any atom is -0.236 e. The Kier molecular flexibility index (Phi) is 2.74. The molecule has 3 nitrogen and oxygen atoms in total. The zero-order valence-electron chi connectivity index (χ0n) is 11.0. The summed E-state index contributed by atoms with van der Waals surface area (Å²) in [7, 11) is 0. The van der Waals surface area contributed by atoms with E-state index in [1.165, 1.54) is 24.1 Å². The zero-order valence-corrected chi connectivity index (χ0v) is 11.8. The molecule has 0 atom stereocenters. The SMILES string of the molecule is Clc1cccc(-c2cnn3c4c(cnc23)CCCC4)c1. The van der Waals surface area contributed by atoms with Crippen molar-refractivity contribution >= 4 is 17.2 Å². The second-order valence-electron chi connectivity index (χ2n) is 5.24. The smallest absolute Gasteiger partial charge is 0.163 e. The normalized spacial score (nSPS) is 14.4. The fourth-order valence-corrected chi connectivity index (χ4v) is 3.15. The Bertz CT molecular complexity index is 792. The van der Waals surface area contributed by atoms with Gasteiger partial charge in [0.25, 0.3) is 0 Å². The van der Waals surface area contributed by atoms with Crippen LogP contribution in [0.4, 0.5) is 0 Å². The molecule has 0 N–H and O–H groups in total. The molecule has 3 aromatic rings. The van der Waals surface area contributed by atoms with Crippen LogP contribution < -0.4 is 0 Å². The monoisotopic (exact) mass is 283 g/mol. The summed E-state index contributed by atoms with van der Waals surface area (Å²) in [5, 5.41) is 5.29. The molecule has 0 unspecified atom stereocenters. The fourth-order valence-electron chi connectivity index (χ4n) is 2.96. The molecule has 0 fully saturated rings. The van der Waals surface area contributed by atoms with Crippen LogP contribution in [0.15, 0.2) is 36.7 Å². The Morgan fingerprint density at radius 3 is 2.90 bits per heavy atom. The van der Waals surface area contributed by atoms with E-state index in [1.54, 1.807) is 0 Å². The quantitative estimate of drug-likeness (QED) is 0.677. The summed E-state index contributed by atoms with van der Waals surface area (Å²) >= 11 is 6.08. The first-order valence-electron chi connectivity index (χ1n) is 6.93. The second-order valence-corrected chi connectivity index (χ2v) is 5.68. The Morgan fingerprint density at radius 1 is 1.10 bits per heavy atom. The van der Waals surface area contributed by atoms with E-state index in [2.05, 4.69) is 10.1 Å². The van der Waals surface area contributed by atoms with Gasteiger partial charge in [-0.15, -0.1) is 0 Å². The second kappa shape index (κ2) is 4.60. The van der Waals surface area contributed by atoms with Gasteiger partial charge in [-0.2, -0.15) is 5.10 Å². The van der Waals surface area contributed by atoms with Crippen molar-refractivity contribution in [2.75, 3.05) is 0 Å². The molecule has 0 amide bonds. The van der Waals surface area contributed by atoms with Crippen LogP contribution in [-0.2, 0) is 12.8 Å². The number of rotatable bonds is 1. The summed E-state index contributed by atoms with van der Waals surface area (Å²) in [6, 6.07) is 7.84. The maximum atomic E-state index is 6.08. The third-order valence-corrected chi connectivity index (χ3v) is 4.19. The molecule has 0 bridgehead atoms. The van der Waals surface area contributed by atoms with E-state index in [4.69, 9.17) is 11.6 Å². The molecule has 100 valence electrons. The summed E-state index contributed by atoms with van der Waals surface area (Å²) in [6.45, 7) is 0. The molecule has 0 aliphatic heterocycles. The van der Waals surface area contributed by atoms with Crippen molar-refractivity contribution in [3.05, 3.63) is 52.9 Å². The molecule has 0 saturated heterocycles. The molecular weight excluding hydrogens is 270 g/mol. The highest BCUT2D eigenvalue weighted by atomic mass is 35.5. The molecule has 20 heavy (non-hydrogen) atoms. The van der Waals surface area contributed by atoms with Gasteiger partial charge in [-0.25, -0.2) is 9.50 Å². The van der Waals surface area contributed by atoms with Crippen molar-refractivity contribution in [3.63, 3.8) is 0 Å². The number of nitrogens with zero attached hydrogens (tertiary/aromatic N) is 3. The van der Waals surface area contributed by atoms with E-state index in [0.29, 0.717) is 0 Å². The summed E-state index contributed by atoms with van der Waals surface area (Å²) in [6.07, 6.45) is 8.60. The van der Waals surface area contributed by atoms with Crippen molar-refractivity contribution in [2.45, 2.75) is 25.7 Å². The van der Waals surface area contributed by atoms with Gasteiger partial charge in [-0.1, -0.05) is 23.7 Å². The van der Waals surface area contributed by atoms with Crippen LogP contribution in [0.2, 0.25) is 5.02 Å². The van der Waals surface area contributed by atoms with E-state index in [0.717, 1.165) is 34.6 Å². The lowest BCUT2D eigenvalue weighted by Crippen LogP contribution is -2.10. The number of hydrogen-bond donors (Lipinski definition) is 0. The summed E-state index contributed by atoms with van der Waals surface area (Å²) < 4.78 is 2.00. The number of halogens is 1. The number of aryl methyl sites for hydroxylation is 2. The predicted octanol–water partition coefficient (Wildman–Crippen LogP) is 3.93.